The molecule has 1 nitrogen and oxygen atoms in total. The molecule has 0 bridgehead atoms. The lowest BCUT2D eigenvalue weighted by Gasteiger charge is -2.06. The molecule has 0 aliphatic rings. The highest BCUT2D eigenvalue weighted by atomic mass is 14.7. The summed E-state index contributed by atoms with van der Waals surface area (Å²) in [6.07, 6.45) is 0. The van der Waals surface area contributed by atoms with Crippen LogP contribution in [0, 0.1) is 6.92 Å². The van der Waals surface area contributed by atoms with Crippen molar-refractivity contribution in [1.82, 2.24) is 4.98 Å². The van der Waals surface area contributed by atoms with Crippen LogP contribution in [0.5, 0.6) is 0 Å². The molecule has 0 N–H and O–H groups in total. The molecule has 0 radical (unpaired) electrons. The summed E-state index contributed by atoms with van der Waals surface area (Å²) in [5, 5.41) is 5.00. The van der Waals surface area contributed by atoms with Crippen molar-refractivity contribution in [3.8, 4) is 0 Å². The average Bonchev–Trinajstić information content (AvgIpc) is 2.45. The number of hydrogen-bond acceptors (Lipinski definition) is 1. The van der Waals surface area contributed by atoms with Gasteiger partial charge in [0.25, 0.3) is 0 Å². The molecule has 0 aliphatic carbocycles. The van der Waals surface area contributed by atoms with Gasteiger partial charge < -0.3 is 0 Å². The lowest BCUT2D eigenvalue weighted by Crippen LogP contribution is -1.84. The predicted molar refractivity (Wildman–Crippen MR) is 81.5 cm³/mol. The summed E-state index contributed by atoms with van der Waals surface area (Å²) in [6.45, 7) is 2.13. The van der Waals surface area contributed by atoms with E-state index in [-0.39, 0.29) is 0 Å². The van der Waals surface area contributed by atoms with Gasteiger partial charge in [0.15, 0.2) is 0 Å². The molecular weight excluding hydrogens is 230 g/mol. The molecule has 1 heteroatoms. The first kappa shape index (κ1) is 10.5. The Bertz CT molecular complexity index is 922. The third-order valence-corrected chi connectivity index (χ3v) is 3.67. The van der Waals surface area contributed by atoms with Crippen molar-refractivity contribution in [2.75, 3.05) is 0 Å². The predicted octanol–water partition coefficient (Wildman–Crippen LogP) is 4.85. The van der Waals surface area contributed by atoms with Crippen LogP contribution >= 0.6 is 0 Å². The third kappa shape index (κ3) is 1.59. The molecular formula is C18H13N. The first-order valence-corrected chi connectivity index (χ1v) is 6.50. The summed E-state index contributed by atoms with van der Waals surface area (Å²) in [5.74, 6) is 0. The van der Waals surface area contributed by atoms with Gasteiger partial charge in [-0.2, -0.15) is 0 Å². The SMILES string of the molecule is Cc1ccc2ccc3nc4ccccc4cc3c2c1. The first-order valence-electron chi connectivity index (χ1n) is 6.50. The number of pyridine rings is 1. The van der Waals surface area contributed by atoms with Crippen LogP contribution in [0.1, 0.15) is 5.56 Å². The Labute approximate surface area is 111 Å². The fourth-order valence-electron chi connectivity index (χ4n) is 2.69. The second-order valence-corrected chi connectivity index (χ2v) is 5.04. The summed E-state index contributed by atoms with van der Waals surface area (Å²) in [6, 6.07) is 21.4. The Morgan fingerprint density at radius 1 is 0.684 bits per heavy atom. The number of para-hydroxylation sites is 1. The Balaban J connectivity index is 2.25. The molecule has 90 valence electrons. The standard InChI is InChI=1S/C18H13N/c1-12-6-7-13-8-9-18-16(15(13)10-12)11-14-4-2-3-5-17(14)19-18/h2-11H,1H3. The van der Waals surface area contributed by atoms with Gasteiger partial charge in [0, 0.05) is 10.8 Å². The lowest BCUT2D eigenvalue weighted by molar-refractivity contribution is 1.49. The molecule has 0 saturated carbocycles. The fraction of sp³-hybridized carbons (Fsp3) is 0.0556. The van der Waals surface area contributed by atoms with Crippen LogP contribution in [-0.4, -0.2) is 4.98 Å². The van der Waals surface area contributed by atoms with Gasteiger partial charge in [0.1, 0.15) is 0 Å². The fourth-order valence-corrected chi connectivity index (χ4v) is 2.69. The maximum absolute atomic E-state index is 4.76. The Morgan fingerprint density at radius 3 is 2.47 bits per heavy atom. The van der Waals surface area contributed by atoms with E-state index in [0.29, 0.717) is 0 Å². The van der Waals surface area contributed by atoms with Crippen molar-refractivity contribution < 1.29 is 0 Å². The minimum absolute atomic E-state index is 1.06. The zero-order chi connectivity index (χ0) is 12.8. The van der Waals surface area contributed by atoms with E-state index in [1.807, 2.05) is 6.07 Å². The van der Waals surface area contributed by atoms with Crippen molar-refractivity contribution in [1.29, 1.82) is 0 Å². The quantitative estimate of drug-likeness (QED) is 0.318. The molecule has 4 aromatic rings. The van der Waals surface area contributed by atoms with Gasteiger partial charge in [-0.15, -0.1) is 0 Å². The largest absolute Gasteiger partial charge is 0.248 e. The Morgan fingerprint density at radius 2 is 1.53 bits per heavy atom. The van der Waals surface area contributed by atoms with Crippen LogP contribution in [0.4, 0.5) is 0 Å². The molecule has 1 heterocycles. The van der Waals surface area contributed by atoms with Gasteiger partial charge in [-0.1, -0.05) is 48.0 Å². The van der Waals surface area contributed by atoms with E-state index in [1.54, 1.807) is 0 Å². The number of nitrogens with zero attached hydrogens (tertiary/aromatic N) is 1. The van der Waals surface area contributed by atoms with Crippen molar-refractivity contribution in [3.05, 3.63) is 66.2 Å². The molecule has 0 spiro atoms. The molecule has 0 amide bonds. The number of rotatable bonds is 0. The third-order valence-electron chi connectivity index (χ3n) is 3.67. The van der Waals surface area contributed by atoms with Gasteiger partial charge >= 0.3 is 0 Å². The Kier molecular flexibility index (Phi) is 2.10. The highest BCUT2D eigenvalue weighted by Gasteiger charge is 2.04. The molecule has 0 unspecified atom stereocenters. The summed E-state index contributed by atoms with van der Waals surface area (Å²) in [5.41, 5.74) is 3.41. The minimum Gasteiger partial charge on any atom is -0.248 e. The van der Waals surface area contributed by atoms with E-state index in [9.17, 15) is 0 Å². The normalized spacial score (nSPS) is 11.4. The van der Waals surface area contributed by atoms with E-state index in [2.05, 4.69) is 61.5 Å². The summed E-state index contributed by atoms with van der Waals surface area (Å²) < 4.78 is 0. The highest BCUT2D eigenvalue weighted by molar-refractivity contribution is 6.09. The summed E-state index contributed by atoms with van der Waals surface area (Å²) >= 11 is 0. The second-order valence-electron chi connectivity index (χ2n) is 5.04. The van der Waals surface area contributed by atoms with Crippen molar-refractivity contribution in [3.63, 3.8) is 0 Å². The molecule has 0 aliphatic heterocycles. The lowest BCUT2D eigenvalue weighted by atomic mass is 10.0. The number of aromatic nitrogens is 1. The molecule has 3 aromatic carbocycles. The maximum Gasteiger partial charge on any atom is 0.0716 e. The zero-order valence-corrected chi connectivity index (χ0v) is 10.7. The summed E-state index contributed by atoms with van der Waals surface area (Å²) in [4.78, 5) is 4.76. The maximum atomic E-state index is 4.76. The van der Waals surface area contributed by atoms with Gasteiger partial charge in [-0.05, 0) is 35.9 Å². The van der Waals surface area contributed by atoms with Gasteiger partial charge in [0.2, 0.25) is 0 Å². The molecule has 4 rings (SSSR count). The minimum atomic E-state index is 1.06. The molecule has 0 saturated heterocycles. The number of aryl methyl sites for hydroxylation is 1. The monoisotopic (exact) mass is 243 g/mol. The highest BCUT2D eigenvalue weighted by Crippen LogP contribution is 2.27. The van der Waals surface area contributed by atoms with E-state index in [1.165, 1.54) is 27.1 Å². The second kappa shape index (κ2) is 3.79. The number of benzene rings is 3. The number of fused-ring (bicyclic) bond motifs is 4. The van der Waals surface area contributed by atoms with Crippen LogP contribution < -0.4 is 0 Å². The molecule has 1 aromatic heterocycles. The van der Waals surface area contributed by atoms with Crippen molar-refractivity contribution in [2.45, 2.75) is 6.92 Å². The van der Waals surface area contributed by atoms with E-state index in [0.717, 1.165) is 11.0 Å². The summed E-state index contributed by atoms with van der Waals surface area (Å²) in [7, 11) is 0. The topological polar surface area (TPSA) is 12.9 Å². The van der Waals surface area contributed by atoms with Crippen LogP contribution in [0.2, 0.25) is 0 Å². The Hall–Kier alpha value is -2.41. The van der Waals surface area contributed by atoms with Gasteiger partial charge in [0.05, 0.1) is 11.0 Å². The van der Waals surface area contributed by atoms with Crippen molar-refractivity contribution >= 4 is 32.6 Å². The van der Waals surface area contributed by atoms with Crippen LogP contribution in [0.25, 0.3) is 32.6 Å². The zero-order valence-electron chi connectivity index (χ0n) is 10.7. The average molecular weight is 243 g/mol. The molecule has 0 atom stereocenters. The van der Waals surface area contributed by atoms with Crippen LogP contribution in [0.3, 0.4) is 0 Å². The van der Waals surface area contributed by atoms with E-state index < -0.39 is 0 Å². The van der Waals surface area contributed by atoms with Crippen LogP contribution in [-0.2, 0) is 0 Å². The number of hydrogen-bond donors (Lipinski definition) is 0. The smallest absolute Gasteiger partial charge is 0.0716 e. The van der Waals surface area contributed by atoms with Gasteiger partial charge in [-0.25, -0.2) is 4.98 Å². The van der Waals surface area contributed by atoms with Gasteiger partial charge in [-0.3, -0.25) is 0 Å². The van der Waals surface area contributed by atoms with Crippen molar-refractivity contribution in [2.24, 2.45) is 0 Å². The van der Waals surface area contributed by atoms with E-state index >= 15 is 0 Å². The molecule has 19 heavy (non-hydrogen) atoms. The van der Waals surface area contributed by atoms with Crippen LogP contribution in [0.15, 0.2) is 60.7 Å². The first-order chi connectivity index (χ1) is 9.31. The molecule has 0 fully saturated rings. The van der Waals surface area contributed by atoms with E-state index in [4.69, 9.17) is 4.98 Å².